The van der Waals surface area contributed by atoms with Gasteiger partial charge in [-0.3, -0.25) is 14.4 Å². The summed E-state index contributed by atoms with van der Waals surface area (Å²) in [5.41, 5.74) is 0. The van der Waals surface area contributed by atoms with Crippen LogP contribution in [0.2, 0.25) is 0 Å². The van der Waals surface area contributed by atoms with Crippen LogP contribution >= 0.6 is 0 Å². The van der Waals surface area contributed by atoms with Crippen LogP contribution in [0.5, 0.6) is 0 Å². The first-order valence-corrected chi connectivity index (χ1v) is 33.0. The smallest absolute Gasteiger partial charge is 0.306 e. The van der Waals surface area contributed by atoms with E-state index in [1.807, 2.05) is 0 Å². The number of carbonyl (C=O) groups is 3. The molecule has 79 heavy (non-hydrogen) atoms. The third kappa shape index (κ3) is 64.5. The minimum Gasteiger partial charge on any atom is -0.462 e. The van der Waals surface area contributed by atoms with Gasteiger partial charge in [0.1, 0.15) is 13.2 Å². The van der Waals surface area contributed by atoms with Gasteiger partial charge in [0, 0.05) is 19.3 Å². The third-order valence-electron chi connectivity index (χ3n) is 13.9. The highest BCUT2D eigenvalue weighted by molar-refractivity contribution is 5.71. The summed E-state index contributed by atoms with van der Waals surface area (Å²) < 4.78 is 16.9. The van der Waals surface area contributed by atoms with Crippen molar-refractivity contribution >= 4 is 17.9 Å². The standard InChI is InChI=1S/C73H122O6/c1-4-7-10-13-16-19-22-25-28-30-32-34-35-36-37-39-40-42-45-48-51-54-57-60-63-66-72(75)78-69-70(68-77-71(74)65-62-59-56-53-50-47-44-27-24-21-18-15-12-9-6-3)79-73(76)67-64-61-58-55-52-49-46-43-41-38-33-31-29-26-23-20-17-14-11-8-5-2/h8-9,11-12,17-18,20-21,26-27,29-30,32-33,38,43-44,46,50,53,70H,4-7,10,13-16,19,22-25,28,31,34-37,39-42,45,47-49,51-52,54-69H2,1-3H3/b11-8-,12-9-,20-17-,21-18-,29-26-,32-30-,38-33-,44-27-,46-43-,53-50-. The molecule has 0 aliphatic rings. The van der Waals surface area contributed by atoms with Crippen LogP contribution in [-0.4, -0.2) is 37.2 Å². The van der Waals surface area contributed by atoms with Crippen LogP contribution in [0.15, 0.2) is 122 Å². The summed E-state index contributed by atoms with van der Waals surface area (Å²) in [5, 5.41) is 0. The number of unbranched alkanes of at least 4 members (excludes halogenated alkanes) is 28. The van der Waals surface area contributed by atoms with Crippen LogP contribution in [0.25, 0.3) is 0 Å². The normalized spacial score (nSPS) is 12.9. The van der Waals surface area contributed by atoms with Gasteiger partial charge in [0.2, 0.25) is 0 Å². The van der Waals surface area contributed by atoms with Crippen molar-refractivity contribution in [3.63, 3.8) is 0 Å². The third-order valence-corrected chi connectivity index (χ3v) is 13.9. The lowest BCUT2D eigenvalue weighted by Crippen LogP contribution is -2.30. The van der Waals surface area contributed by atoms with Gasteiger partial charge in [0.25, 0.3) is 0 Å². The first-order valence-electron chi connectivity index (χ1n) is 33.0. The molecular formula is C73H122O6. The molecule has 0 saturated heterocycles. The molecule has 0 amide bonds. The van der Waals surface area contributed by atoms with E-state index in [0.717, 1.165) is 135 Å². The molecule has 0 bridgehead atoms. The summed E-state index contributed by atoms with van der Waals surface area (Å²) in [6.45, 7) is 6.38. The minimum atomic E-state index is -0.810. The van der Waals surface area contributed by atoms with Crippen LogP contribution in [0.4, 0.5) is 0 Å². The minimum absolute atomic E-state index is 0.101. The second-order valence-electron chi connectivity index (χ2n) is 21.6. The molecule has 0 aliphatic carbocycles. The van der Waals surface area contributed by atoms with E-state index in [-0.39, 0.29) is 31.1 Å². The van der Waals surface area contributed by atoms with Gasteiger partial charge < -0.3 is 14.2 Å². The lowest BCUT2D eigenvalue weighted by atomic mass is 10.0. The zero-order chi connectivity index (χ0) is 57.1. The van der Waals surface area contributed by atoms with E-state index in [1.165, 1.54) is 128 Å². The zero-order valence-electron chi connectivity index (χ0n) is 51.6. The van der Waals surface area contributed by atoms with Crippen molar-refractivity contribution in [3.05, 3.63) is 122 Å². The Morgan fingerprint density at radius 2 is 0.494 bits per heavy atom. The second-order valence-corrected chi connectivity index (χ2v) is 21.6. The van der Waals surface area contributed by atoms with E-state index in [4.69, 9.17) is 14.2 Å². The van der Waals surface area contributed by atoms with Crippen LogP contribution in [0, 0.1) is 0 Å². The SMILES string of the molecule is CC/C=C\C/C=C\C/C=C\C/C=C\C/C=C\CCCCCCCC(=O)OC(COC(=O)CCCC/C=C\C/C=C\C/C=C\C/C=C\CC)COC(=O)CCCCCCCCCCCCCCC/C=C\CCCCCCCCCC. The first kappa shape index (κ1) is 74.8. The van der Waals surface area contributed by atoms with Crippen molar-refractivity contribution < 1.29 is 28.6 Å². The Labute approximate surface area is 488 Å². The molecule has 6 nitrogen and oxygen atoms in total. The Kier molecular flexibility index (Phi) is 62.8. The number of hydrogen-bond acceptors (Lipinski definition) is 6. The van der Waals surface area contributed by atoms with Crippen molar-refractivity contribution in [1.29, 1.82) is 0 Å². The van der Waals surface area contributed by atoms with Crippen molar-refractivity contribution in [3.8, 4) is 0 Å². The molecule has 0 saturated carbocycles. The summed E-state index contributed by atoms with van der Waals surface area (Å²) in [4.78, 5) is 38.4. The molecular weight excluding hydrogens is 973 g/mol. The molecule has 0 radical (unpaired) electrons. The monoisotopic (exact) mass is 1090 g/mol. The van der Waals surface area contributed by atoms with Gasteiger partial charge in [0.15, 0.2) is 6.10 Å². The van der Waals surface area contributed by atoms with Crippen LogP contribution in [-0.2, 0) is 28.6 Å². The molecule has 0 aromatic heterocycles. The number of esters is 3. The molecule has 1 atom stereocenters. The van der Waals surface area contributed by atoms with Gasteiger partial charge in [-0.05, 0) is 128 Å². The predicted molar refractivity (Wildman–Crippen MR) is 343 cm³/mol. The van der Waals surface area contributed by atoms with Crippen LogP contribution < -0.4 is 0 Å². The number of ether oxygens (including phenoxy) is 3. The van der Waals surface area contributed by atoms with Gasteiger partial charge in [-0.15, -0.1) is 0 Å². The Morgan fingerprint density at radius 3 is 0.810 bits per heavy atom. The molecule has 1 unspecified atom stereocenters. The molecule has 6 heteroatoms. The van der Waals surface area contributed by atoms with Gasteiger partial charge in [0.05, 0.1) is 0 Å². The Morgan fingerprint density at radius 1 is 0.266 bits per heavy atom. The summed E-state index contributed by atoms with van der Waals surface area (Å²) >= 11 is 0. The number of allylic oxidation sites excluding steroid dienone is 20. The molecule has 0 aromatic carbocycles. The molecule has 0 heterocycles. The van der Waals surface area contributed by atoms with E-state index in [9.17, 15) is 14.4 Å². The van der Waals surface area contributed by atoms with Gasteiger partial charge in [-0.1, -0.05) is 277 Å². The van der Waals surface area contributed by atoms with Gasteiger partial charge >= 0.3 is 17.9 Å². The summed E-state index contributed by atoms with van der Waals surface area (Å²) in [7, 11) is 0. The maximum atomic E-state index is 12.9. The van der Waals surface area contributed by atoms with Crippen LogP contribution in [0.3, 0.4) is 0 Å². The average molecular weight is 1100 g/mol. The topological polar surface area (TPSA) is 78.9 Å². The molecule has 0 rings (SSSR count). The lowest BCUT2D eigenvalue weighted by molar-refractivity contribution is -0.167. The van der Waals surface area contributed by atoms with Crippen molar-refractivity contribution in [2.75, 3.05) is 13.2 Å². The van der Waals surface area contributed by atoms with Gasteiger partial charge in [-0.2, -0.15) is 0 Å². The largest absolute Gasteiger partial charge is 0.462 e. The maximum Gasteiger partial charge on any atom is 0.306 e. The van der Waals surface area contributed by atoms with Gasteiger partial charge in [-0.25, -0.2) is 0 Å². The molecule has 450 valence electrons. The summed E-state index contributed by atoms with van der Waals surface area (Å²) in [6.07, 6.45) is 92.2. The Hall–Kier alpha value is -4.19. The Bertz CT molecular complexity index is 1640. The molecule has 0 aromatic rings. The Balaban J connectivity index is 4.40. The fourth-order valence-corrected chi connectivity index (χ4v) is 9.04. The second kappa shape index (κ2) is 66.3. The van der Waals surface area contributed by atoms with Crippen molar-refractivity contribution in [2.45, 2.75) is 309 Å². The van der Waals surface area contributed by atoms with E-state index in [1.54, 1.807) is 0 Å². The fourth-order valence-electron chi connectivity index (χ4n) is 9.04. The zero-order valence-corrected chi connectivity index (χ0v) is 51.6. The fraction of sp³-hybridized carbons (Fsp3) is 0.685. The number of rotatable bonds is 59. The molecule has 0 aliphatic heterocycles. The van der Waals surface area contributed by atoms with E-state index >= 15 is 0 Å². The van der Waals surface area contributed by atoms with E-state index < -0.39 is 6.10 Å². The number of hydrogen-bond donors (Lipinski definition) is 0. The maximum absolute atomic E-state index is 12.9. The molecule has 0 fully saturated rings. The highest BCUT2D eigenvalue weighted by Crippen LogP contribution is 2.16. The summed E-state index contributed by atoms with van der Waals surface area (Å²) in [5.74, 6) is -0.958. The average Bonchev–Trinajstić information content (AvgIpc) is 3.45. The predicted octanol–water partition coefficient (Wildman–Crippen LogP) is 22.8. The highest BCUT2D eigenvalue weighted by Gasteiger charge is 2.19. The number of carbonyl (C=O) groups excluding carboxylic acids is 3. The summed E-state index contributed by atoms with van der Waals surface area (Å²) in [6, 6.07) is 0. The van der Waals surface area contributed by atoms with Crippen molar-refractivity contribution in [1.82, 2.24) is 0 Å². The molecule has 0 spiro atoms. The molecule has 0 N–H and O–H groups in total. The van der Waals surface area contributed by atoms with E-state index in [2.05, 4.69) is 142 Å². The highest BCUT2D eigenvalue weighted by atomic mass is 16.6. The lowest BCUT2D eigenvalue weighted by Gasteiger charge is -2.18. The van der Waals surface area contributed by atoms with Crippen molar-refractivity contribution in [2.24, 2.45) is 0 Å². The first-order chi connectivity index (χ1) is 39.0. The quantitative estimate of drug-likeness (QED) is 0.0261. The van der Waals surface area contributed by atoms with Crippen LogP contribution in [0.1, 0.15) is 303 Å². The van der Waals surface area contributed by atoms with E-state index in [0.29, 0.717) is 19.3 Å².